The minimum atomic E-state index is -3.75. The van der Waals surface area contributed by atoms with Crippen LogP contribution in [0.2, 0.25) is 0 Å². The van der Waals surface area contributed by atoms with Crippen LogP contribution in [-0.4, -0.2) is 67.3 Å². The molecule has 0 spiro atoms. The van der Waals surface area contributed by atoms with E-state index in [2.05, 4.69) is 15.2 Å². The van der Waals surface area contributed by atoms with Crippen molar-refractivity contribution in [3.05, 3.63) is 54.7 Å². The van der Waals surface area contributed by atoms with Crippen LogP contribution in [0, 0.1) is 0 Å². The molecule has 0 amide bonds. The zero-order valence-electron chi connectivity index (χ0n) is 18.7. The average molecular weight is 470 g/mol. The van der Waals surface area contributed by atoms with Crippen molar-refractivity contribution in [1.82, 2.24) is 19.5 Å². The Morgan fingerprint density at radius 2 is 1.67 bits per heavy atom. The number of aromatic nitrogens is 3. The third kappa shape index (κ3) is 5.07. The van der Waals surface area contributed by atoms with E-state index in [9.17, 15) is 8.42 Å². The van der Waals surface area contributed by atoms with Crippen LogP contribution in [0.1, 0.15) is 13.8 Å². The molecule has 0 bridgehead atoms. The molecule has 0 aliphatic carbocycles. The Morgan fingerprint density at radius 1 is 0.879 bits per heavy atom. The maximum atomic E-state index is 13.4. The summed E-state index contributed by atoms with van der Waals surface area (Å²) in [6.07, 6.45) is 1.71. The monoisotopic (exact) mass is 469 g/mol. The van der Waals surface area contributed by atoms with Gasteiger partial charge in [0.05, 0.1) is 18.9 Å². The van der Waals surface area contributed by atoms with Crippen LogP contribution in [0.25, 0.3) is 11.4 Å². The molecule has 4 rings (SSSR count). The first-order chi connectivity index (χ1) is 16.0. The third-order valence-corrected chi connectivity index (χ3v) is 7.20. The summed E-state index contributed by atoms with van der Waals surface area (Å²) < 4.78 is 39.4. The molecule has 0 saturated carbocycles. The van der Waals surface area contributed by atoms with Crippen molar-refractivity contribution in [2.45, 2.75) is 18.7 Å². The largest absolute Gasteiger partial charge is 0.494 e. The van der Waals surface area contributed by atoms with E-state index >= 15 is 0 Å². The van der Waals surface area contributed by atoms with Crippen molar-refractivity contribution in [3.63, 3.8) is 0 Å². The Morgan fingerprint density at radius 3 is 2.30 bits per heavy atom. The van der Waals surface area contributed by atoms with E-state index in [0.717, 1.165) is 5.69 Å². The first-order valence-electron chi connectivity index (χ1n) is 10.9. The van der Waals surface area contributed by atoms with Crippen LogP contribution < -0.4 is 14.4 Å². The molecule has 1 aliphatic heterocycles. The van der Waals surface area contributed by atoms with E-state index in [-0.39, 0.29) is 4.90 Å². The molecule has 0 N–H and O–H groups in total. The van der Waals surface area contributed by atoms with Crippen molar-refractivity contribution in [3.8, 4) is 22.9 Å². The molecule has 33 heavy (non-hydrogen) atoms. The second-order valence-corrected chi connectivity index (χ2v) is 9.26. The maximum Gasteiger partial charge on any atom is 0.247 e. The van der Waals surface area contributed by atoms with Crippen LogP contribution in [-0.2, 0) is 10.0 Å². The predicted octanol–water partition coefficient (Wildman–Crippen LogP) is 2.85. The highest BCUT2D eigenvalue weighted by molar-refractivity contribution is 7.89. The molecule has 2 aromatic heterocycles. The topological polar surface area (TPSA) is 97.8 Å². The van der Waals surface area contributed by atoms with E-state index in [1.807, 2.05) is 49.1 Å². The lowest BCUT2D eigenvalue weighted by atomic mass is 10.2. The highest BCUT2D eigenvalue weighted by Gasteiger charge is 2.32. The highest BCUT2D eigenvalue weighted by Crippen LogP contribution is 2.32. The first-order valence-corrected chi connectivity index (χ1v) is 12.4. The molecular weight excluding hydrogens is 442 g/mol. The summed E-state index contributed by atoms with van der Waals surface area (Å²) in [7, 11) is -3.75. The fourth-order valence-corrected chi connectivity index (χ4v) is 5.23. The molecule has 0 atom stereocenters. The van der Waals surface area contributed by atoms with E-state index in [1.54, 1.807) is 18.3 Å². The van der Waals surface area contributed by atoms with Crippen molar-refractivity contribution < 1.29 is 17.9 Å². The molecular formula is C23H27N5O4S. The lowest BCUT2D eigenvalue weighted by Gasteiger charge is -2.34. The van der Waals surface area contributed by atoms with E-state index in [1.165, 1.54) is 10.4 Å². The Balaban J connectivity index is 1.48. The van der Waals surface area contributed by atoms with Gasteiger partial charge in [-0.2, -0.15) is 4.31 Å². The smallest absolute Gasteiger partial charge is 0.247 e. The third-order valence-electron chi connectivity index (χ3n) is 5.28. The lowest BCUT2D eigenvalue weighted by Crippen LogP contribution is -2.49. The molecule has 10 heteroatoms. The van der Waals surface area contributed by atoms with Gasteiger partial charge in [-0.25, -0.2) is 8.42 Å². The summed E-state index contributed by atoms with van der Waals surface area (Å²) in [4.78, 5) is 6.44. The molecule has 1 aromatic carbocycles. The van der Waals surface area contributed by atoms with E-state index in [0.29, 0.717) is 62.4 Å². The summed E-state index contributed by atoms with van der Waals surface area (Å²) >= 11 is 0. The Kier molecular flexibility index (Phi) is 7.05. The van der Waals surface area contributed by atoms with Crippen LogP contribution in [0.3, 0.4) is 0 Å². The number of benzene rings is 1. The van der Waals surface area contributed by atoms with E-state index < -0.39 is 10.0 Å². The molecule has 1 aliphatic rings. The van der Waals surface area contributed by atoms with Gasteiger partial charge in [0.1, 0.15) is 22.1 Å². The number of rotatable bonds is 8. The number of anilines is 1. The number of hydrogen-bond acceptors (Lipinski definition) is 8. The minimum absolute atomic E-state index is 0.128. The summed E-state index contributed by atoms with van der Waals surface area (Å²) in [5.74, 6) is 1.54. The summed E-state index contributed by atoms with van der Waals surface area (Å²) in [5, 5.41) is 8.61. The second-order valence-electron chi connectivity index (χ2n) is 7.36. The Hall–Kier alpha value is -3.24. The molecule has 3 aromatic rings. The SMILES string of the molecule is CCOc1ccc(OCC)c(S(=O)(=O)N2CCN(c3ccc(-c4ccccn4)nn3)CC2)c1. The molecule has 174 valence electrons. The summed E-state index contributed by atoms with van der Waals surface area (Å²) in [6.45, 7) is 6.18. The lowest BCUT2D eigenvalue weighted by molar-refractivity contribution is 0.319. The van der Waals surface area contributed by atoms with Gasteiger partial charge in [0.15, 0.2) is 5.82 Å². The normalized spacial score (nSPS) is 14.8. The minimum Gasteiger partial charge on any atom is -0.494 e. The first kappa shape index (κ1) is 22.9. The van der Waals surface area contributed by atoms with Gasteiger partial charge in [-0.1, -0.05) is 6.07 Å². The summed E-state index contributed by atoms with van der Waals surface area (Å²) in [6, 6.07) is 14.3. The molecule has 9 nitrogen and oxygen atoms in total. The Labute approximate surface area is 194 Å². The maximum absolute atomic E-state index is 13.4. The van der Waals surface area contributed by atoms with Crippen LogP contribution >= 0.6 is 0 Å². The number of pyridine rings is 1. The van der Waals surface area contributed by atoms with Crippen molar-refractivity contribution in [2.24, 2.45) is 0 Å². The van der Waals surface area contributed by atoms with Gasteiger partial charge in [0, 0.05) is 38.4 Å². The van der Waals surface area contributed by atoms with Gasteiger partial charge in [-0.3, -0.25) is 4.98 Å². The van der Waals surface area contributed by atoms with Gasteiger partial charge in [-0.05, 0) is 50.2 Å². The Bertz CT molecular complexity index is 1170. The molecule has 0 unspecified atom stereocenters. The number of nitrogens with zero attached hydrogens (tertiary/aromatic N) is 5. The van der Waals surface area contributed by atoms with Gasteiger partial charge in [0.25, 0.3) is 0 Å². The van der Waals surface area contributed by atoms with Crippen LogP contribution in [0.5, 0.6) is 11.5 Å². The zero-order chi connectivity index (χ0) is 23.3. The second kappa shape index (κ2) is 10.1. The van der Waals surface area contributed by atoms with Gasteiger partial charge < -0.3 is 14.4 Å². The van der Waals surface area contributed by atoms with E-state index in [4.69, 9.17) is 9.47 Å². The van der Waals surface area contributed by atoms with Crippen molar-refractivity contribution >= 4 is 15.8 Å². The fourth-order valence-electron chi connectivity index (χ4n) is 3.66. The molecule has 0 radical (unpaired) electrons. The molecule has 3 heterocycles. The van der Waals surface area contributed by atoms with Gasteiger partial charge in [-0.15, -0.1) is 10.2 Å². The number of hydrogen-bond donors (Lipinski definition) is 0. The van der Waals surface area contributed by atoms with Crippen LogP contribution in [0.15, 0.2) is 59.6 Å². The van der Waals surface area contributed by atoms with Crippen LogP contribution in [0.4, 0.5) is 5.82 Å². The molecule has 1 fully saturated rings. The number of ether oxygens (including phenoxy) is 2. The zero-order valence-corrected chi connectivity index (χ0v) is 19.5. The highest BCUT2D eigenvalue weighted by atomic mass is 32.2. The summed E-state index contributed by atoms with van der Waals surface area (Å²) in [5.41, 5.74) is 1.45. The fraction of sp³-hybridized carbons (Fsp3) is 0.348. The molecule has 1 saturated heterocycles. The average Bonchev–Trinajstić information content (AvgIpc) is 2.86. The van der Waals surface area contributed by atoms with Crippen molar-refractivity contribution in [2.75, 3.05) is 44.3 Å². The predicted molar refractivity (Wildman–Crippen MR) is 125 cm³/mol. The standard InChI is InChI=1S/C23H27N5O4S/c1-3-31-18-8-10-21(32-4-2)22(17-18)33(29,30)28-15-13-27(14-16-28)23-11-9-20(25-26-23)19-7-5-6-12-24-19/h5-12,17H,3-4,13-16H2,1-2H3. The van der Waals surface area contributed by atoms with Crippen molar-refractivity contribution in [1.29, 1.82) is 0 Å². The quantitative estimate of drug-likeness (QED) is 0.497. The van der Waals surface area contributed by atoms with Gasteiger partial charge in [0.2, 0.25) is 10.0 Å². The van der Waals surface area contributed by atoms with Gasteiger partial charge >= 0.3 is 0 Å². The number of sulfonamides is 1. The number of piperazine rings is 1.